The lowest BCUT2D eigenvalue weighted by molar-refractivity contribution is -0.384. The number of benzene rings is 2. The van der Waals surface area contributed by atoms with Crippen molar-refractivity contribution < 1.29 is 14.5 Å². The van der Waals surface area contributed by atoms with Crippen molar-refractivity contribution >= 4 is 51.9 Å². The molecule has 2 aromatic carbocycles. The van der Waals surface area contributed by atoms with E-state index in [9.17, 15) is 14.9 Å². The fourth-order valence-electron chi connectivity index (χ4n) is 2.74. The first-order valence-corrected chi connectivity index (χ1v) is 8.79. The van der Waals surface area contributed by atoms with E-state index in [-0.39, 0.29) is 27.0 Å². The number of halogens is 2. The number of nitrogens with zero attached hydrogens (tertiary/aromatic N) is 2. The average molecular weight is 411 g/mol. The molecule has 1 fully saturated rings. The summed E-state index contributed by atoms with van der Waals surface area (Å²) in [6.45, 7) is 2.10. The number of hydrogen-bond acceptors (Lipinski definition) is 6. The number of rotatable bonds is 4. The number of nitro groups is 1. The van der Waals surface area contributed by atoms with Gasteiger partial charge in [0.1, 0.15) is 5.69 Å². The Kier molecular flexibility index (Phi) is 5.69. The lowest BCUT2D eigenvalue weighted by atomic mass is 10.1. The van der Waals surface area contributed by atoms with Crippen LogP contribution in [0.2, 0.25) is 10.0 Å². The van der Waals surface area contributed by atoms with Crippen molar-refractivity contribution in [1.82, 2.24) is 0 Å². The molecule has 1 saturated heterocycles. The molecule has 1 heterocycles. The molecule has 1 aliphatic heterocycles. The van der Waals surface area contributed by atoms with Crippen LogP contribution >= 0.6 is 23.2 Å². The van der Waals surface area contributed by atoms with Crippen molar-refractivity contribution in [2.75, 3.05) is 42.3 Å². The number of carbonyl (C=O) groups excluding carboxylic acids is 1. The van der Waals surface area contributed by atoms with Crippen molar-refractivity contribution in [2.24, 2.45) is 0 Å². The van der Waals surface area contributed by atoms with Crippen molar-refractivity contribution in [3.63, 3.8) is 0 Å². The van der Waals surface area contributed by atoms with E-state index in [4.69, 9.17) is 33.7 Å². The van der Waals surface area contributed by atoms with Crippen molar-refractivity contribution in [3.8, 4) is 0 Å². The maximum atomic E-state index is 12.5. The van der Waals surface area contributed by atoms with Gasteiger partial charge in [-0.15, -0.1) is 0 Å². The second-order valence-corrected chi connectivity index (χ2v) is 6.68. The number of nitro benzene ring substituents is 1. The van der Waals surface area contributed by atoms with Crippen LogP contribution in [-0.2, 0) is 4.74 Å². The number of morpholine rings is 1. The van der Waals surface area contributed by atoms with Crippen LogP contribution in [0.25, 0.3) is 0 Å². The monoisotopic (exact) mass is 410 g/mol. The normalized spacial score (nSPS) is 14.1. The van der Waals surface area contributed by atoms with Crippen molar-refractivity contribution in [1.29, 1.82) is 0 Å². The van der Waals surface area contributed by atoms with E-state index < -0.39 is 10.8 Å². The first kappa shape index (κ1) is 19.2. The van der Waals surface area contributed by atoms with Crippen LogP contribution in [0.5, 0.6) is 0 Å². The molecule has 2 aromatic rings. The summed E-state index contributed by atoms with van der Waals surface area (Å²) >= 11 is 11.9. The Hall–Kier alpha value is -2.55. The first-order chi connectivity index (χ1) is 12.9. The van der Waals surface area contributed by atoms with E-state index >= 15 is 0 Å². The van der Waals surface area contributed by atoms with Crippen LogP contribution < -0.4 is 16.0 Å². The summed E-state index contributed by atoms with van der Waals surface area (Å²) < 4.78 is 5.27. The summed E-state index contributed by atoms with van der Waals surface area (Å²) in [6, 6.07) is 7.27. The van der Waals surface area contributed by atoms with Crippen LogP contribution in [0.4, 0.5) is 22.7 Å². The SMILES string of the molecule is Nc1c(Cl)cc(NC(=O)c2ccc(N3CCOCC3)c([N+](=O)[O-])c2)cc1Cl. The van der Waals surface area contributed by atoms with Gasteiger partial charge in [-0.25, -0.2) is 0 Å². The van der Waals surface area contributed by atoms with E-state index in [2.05, 4.69) is 5.32 Å². The lowest BCUT2D eigenvalue weighted by Crippen LogP contribution is -2.36. The van der Waals surface area contributed by atoms with E-state index in [1.807, 2.05) is 4.90 Å². The van der Waals surface area contributed by atoms with Gasteiger partial charge in [0.15, 0.2) is 0 Å². The molecule has 8 nitrogen and oxygen atoms in total. The summed E-state index contributed by atoms with van der Waals surface area (Å²) in [5, 5.41) is 14.5. The first-order valence-electron chi connectivity index (χ1n) is 8.04. The second kappa shape index (κ2) is 7.99. The number of ether oxygens (including phenoxy) is 1. The highest BCUT2D eigenvalue weighted by Crippen LogP contribution is 2.32. The molecule has 0 aromatic heterocycles. The molecule has 10 heteroatoms. The van der Waals surface area contributed by atoms with Gasteiger partial charge >= 0.3 is 0 Å². The quantitative estimate of drug-likeness (QED) is 0.452. The molecule has 0 saturated carbocycles. The molecule has 3 rings (SSSR count). The van der Waals surface area contributed by atoms with Crippen LogP contribution in [0.15, 0.2) is 30.3 Å². The summed E-state index contributed by atoms with van der Waals surface area (Å²) in [5.41, 5.74) is 6.67. The van der Waals surface area contributed by atoms with Gasteiger partial charge in [0, 0.05) is 30.4 Å². The second-order valence-electron chi connectivity index (χ2n) is 5.87. The Morgan fingerprint density at radius 1 is 1.19 bits per heavy atom. The zero-order valence-electron chi connectivity index (χ0n) is 14.1. The molecule has 0 radical (unpaired) electrons. The molecule has 3 N–H and O–H groups in total. The summed E-state index contributed by atoms with van der Waals surface area (Å²) in [6.07, 6.45) is 0. The van der Waals surface area contributed by atoms with E-state index in [1.54, 1.807) is 6.07 Å². The van der Waals surface area contributed by atoms with Gasteiger partial charge in [0.05, 0.1) is 33.9 Å². The van der Waals surface area contributed by atoms with Gasteiger partial charge in [-0.1, -0.05) is 23.2 Å². The van der Waals surface area contributed by atoms with Gasteiger partial charge in [-0.3, -0.25) is 14.9 Å². The Bertz CT molecular complexity index is 877. The number of nitrogens with one attached hydrogen (secondary N) is 1. The fourth-order valence-corrected chi connectivity index (χ4v) is 3.23. The van der Waals surface area contributed by atoms with Crippen LogP contribution in [-0.4, -0.2) is 37.1 Å². The third-order valence-electron chi connectivity index (χ3n) is 4.12. The Balaban J connectivity index is 1.87. The predicted octanol–water partition coefficient (Wildman–Crippen LogP) is 3.57. The molecular weight excluding hydrogens is 395 g/mol. The summed E-state index contributed by atoms with van der Waals surface area (Å²) in [5.74, 6) is -0.525. The Labute approximate surface area is 164 Å². The van der Waals surface area contributed by atoms with Gasteiger partial charge < -0.3 is 20.7 Å². The maximum absolute atomic E-state index is 12.5. The molecule has 0 aliphatic carbocycles. The number of hydrogen-bond donors (Lipinski definition) is 2. The molecule has 142 valence electrons. The van der Waals surface area contributed by atoms with Crippen molar-refractivity contribution in [2.45, 2.75) is 0 Å². The molecule has 1 amide bonds. The minimum atomic E-state index is -0.525. The molecular formula is C17H16Cl2N4O4. The zero-order valence-corrected chi connectivity index (χ0v) is 15.6. The highest BCUT2D eigenvalue weighted by Gasteiger charge is 2.23. The third-order valence-corrected chi connectivity index (χ3v) is 4.75. The van der Waals surface area contributed by atoms with E-state index in [0.717, 1.165) is 0 Å². The van der Waals surface area contributed by atoms with Crippen LogP contribution in [0.1, 0.15) is 10.4 Å². The lowest BCUT2D eigenvalue weighted by Gasteiger charge is -2.28. The highest BCUT2D eigenvalue weighted by atomic mass is 35.5. The van der Waals surface area contributed by atoms with Crippen LogP contribution in [0, 0.1) is 10.1 Å². The largest absolute Gasteiger partial charge is 0.396 e. The molecule has 0 bridgehead atoms. The fraction of sp³-hybridized carbons (Fsp3) is 0.235. The molecule has 27 heavy (non-hydrogen) atoms. The van der Waals surface area contributed by atoms with Gasteiger partial charge in [0.25, 0.3) is 11.6 Å². The third kappa shape index (κ3) is 4.24. The van der Waals surface area contributed by atoms with E-state index in [1.165, 1.54) is 24.3 Å². The van der Waals surface area contributed by atoms with E-state index in [0.29, 0.717) is 37.7 Å². The topological polar surface area (TPSA) is 111 Å². The summed E-state index contributed by atoms with van der Waals surface area (Å²) in [4.78, 5) is 25.4. The summed E-state index contributed by atoms with van der Waals surface area (Å²) in [7, 11) is 0. The maximum Gasteiger partial charge on any atom is 0.293 e. The Morgan fingerprint density at radius 3 is 2.41 bits per heavy atom. The molecule has 0 spiro atoms. The average Bonchev–Trinajstić information content (AvgIpc) is 2.66. The molecule has 0 unspecified atom stereocenters. The van der Waals surface area contributed by atoms with Gasteiger partial charge in [-0.05, 0) is 24.3 Å². The number of anilines is 3. The van der Waals surface area contributed by atoms with Gasteiger partial charge in [-0.2, -0.15) is 0 Å². The number of nitrogens with two attached hydrogens (primary N) is 1. The standard InChI is InChI=1S/C17H16Cl2N4O4/c18-12-8-11(9-13(19)16(12)20)21-17(24)10-1-2-14(15(7-10)23(25)26)22-3-5-27-6-4-22/h1-2,7-9H,3-6,20H2,(H,21,24). The van der Waals surface area contributed by atoms with Crippen LogP contribution in [0.3, 0.4) is 0 Å². The Morgan fingerprint density at radius 2 is 1.81 bits per heavy atom. The minimum Gasteiger partial charge on any atom is -0.396 e. The smallest absolute Gasteiger partial charge is 0.293 e. The molecule has 0 atom stereocenters. The zero-order chi connectivity index (χ0) is 19.6. The predicted molar refractivity (Wildman–Crippen MR) is 105 cm³/mol. The molecule has 1 aliphatic rings. The number of nitrogen functional groups attached to an aromatic ring is 1. The number of carbonyl (C=O) groups is 1. The van der Waals surface area contributed by atoms with Crippen molar-refractivity contribution in [3.05, 3.63) is 56.1 Å². The highest BCUT2D eigenvalue weighted by molar-refractivity contribution is 6.39. The van der Waals surface area contributed by atoms with Gasteiger partial charge in [0.2, 0.25) is 0 Å². The number of amides is 1. The minimum absolute atomic E-state index is 0.141.